The molecule has 2 aromatic rings. The van der Waals surface area contributed by atoms with E-state index < -0.39 is 0 Å². The lowest BCUT2D eigenvalue weighted by Gasteiger charge is -2.32. The Balaban J connectivity index is 1.84. The lowest BCUT2D eigenvalue weighted by molar-refractivity contribution is -0.138. The van der Waals surface area contributed by atoms with Crippen molar-refractivity contribution in [2.45, 2.75) is 39.0 Å². The van der Waals surface area contributed by atoms with Crippen molar-refractivity contribution >= 4 is 23.6 Å². The summed E-state index contributed by atoms with van der Waals surface area (Å²) < 4.78 is 5.35. The molecule has 7 heteroatoms. The average Bonchev–Trinajstić information content (AvgIpc) is 2.74. The summed E-state index contributed by atoms with van der Waals surface area (Å²) in [5, 5.41) is 3.29. The van der Waals surface area contributed by atoms with Crippen LogP contribution in [-0.2, 0) is 9.53 Å². The summed E-state index contributed by atoms with van der Waals surface area (Å²) in [6, 6.07) is 9.84. The fraction of sp³-hybridized carbons (Fsp3) is 0.409. The maximum atomic E-state index is 12.8. The minimum atomic E-state index is -0.373. The van der Waals surface area contributed by atoms with Crippen molar-refractivity contribution in [3.05, 3.63) is 52.7 Å². The van der Waals surface area contributed by atoms with Crippen molar-refractivity contribution in [2.24, 2.45) is 0 Å². The second-order valence-electron chi connectivity index (χ2n) is 7.45. The summed E-state index contributed by atoms with van der Waals surface area (Å²) in [7, 11) is 0. The predicted molar refractivity (Wildman–Crippen MR) is 114 cm³/mol. The molecule has 1 fully saturated rings. The third kappa shape index (κ3) is 3.64. The molecule has 1 atom stereocenters. The molecule has 0 spiro atoms. The quantitative estimate of drug-likeness (QED) is 0.769. The third-order valence-corrected chi connectivity index (χ3v) is 5.52. The van der Waals surface area contributed by atoms with E-state index in [0.29, 0.717) is 29.8 Å². The molecule has 0 amide bonds. The van der Waals surface area contributed by atoms with Gasteiger partial charge in [-0.05, 0) is 38.7 Å². The number of esters is 1. The van der Waals surface area contributed by atoms with Gasteiger partial charge >= 0.3 is 5.97 Å². The van der Waals surface area contributed by atoms with Crippen LogP contribution in [0.2, 0.25) is 0 Å². The number of allylic oxidation sites excluding steroid dienone is 1. The topological polar surface area (TPSA) is 93.4 Å². The number of anilines is 3. The van der Waals surface area contributed by atoms with Crippen molar-refractivity contribution in [3.63, 3.8) is 0 Å². The Morgan fingerprint density at radius 1 is 1.21 bits per heavy atom. The van der Waals surface area contributed by atoms with E-state index in [1.54, 1.807) is 6.92 Å². The second-order valence-corrected chi connectivity index (χ2v) is 7.45. The molecule has 0 aliphatic carbocycles. The van der Waals surface area contributed by atoms with Crippen molar-refractivity contribution < 1.29 is 9.53 Å². The average molecular weight is 393 g/mol. The molecule has 29 heavy (non-hydrogen) atoms. The Hall–Kier alpha value is -3.09. The highest BCUT2D eigenvalue weighted by molar-refractivity contribution is 5.95. The minimum Gasteiger partial charge on any atom is -0.463 e. The van der Waals surface area contributed by atoms with Crippen LogP contribution in [0.4, 0.5) is 17.6 Å². The molecule has 4 rings (SSSR count). The monoisotopic (exact) mass is 393 g/mol. The van der Waals surface area contributed by atoms with Gasteiger partial charge in [0.15, 0.2) is 0 Å². The summed E-state index contributed by atoms with van der Waals surface area (Å²) in [5.74, 6) is 0.981. The van der Waals surface area contributed by atoms with Gasteiger partial charge in [0.05, 0.1) is 18.1 Å². The number of piperidine rings is 1. The fourth-order valence-electron chi connectivity index (χ4n) is 4.15. The number of hydrogen-bond donors (Lipinski definition) is 2. The van der Waals surface area contributed by atoms with Crippen LogP contribution in [0.5, 0.6) is 0 Å². The van der Waals surface area contributed by atoms with Gasteiger partial charge in [0.1, 0.15) is 11.6 Å². The van der Waals surface area contributed by atoms with Crippen molar-refractivity contribution in [1.29, 1.82) is 0 Å². The van der Waals surface area contributed by atoms with E-state index in [1.807, 2.05) is 37.3 Å². The Bertz CT molecular complexity index is 936. The standard InChI is InChI=1S/C22H27N5O2/c1-3-29-21(28)16-14(2)24-20-18(17(16)15-10-6-4-7-11-15)19(23)25-22(26-20)27-12-8-5-9-13-27/h4,6-7,10-11,17H,3,5,8-9,12-13H2,1-2H3,(H3,23,24,25,26)/t17-/m1/s1. The van der Waals surface area contributed by atoms with Crippen LogP contribution in [0.1, 0.15) is 50.2 Å². The number of nitrogens with zero attached hydrogens (tertiary/aromatic N) is 3. The second kappa shape index (κ2) is 8.11. The molecular weight excluding hydrogens is 366 g/mol. The van der Waals surface area contributed by atoms with Gasteiger partial charge in [-0.2, -0.15) is 9.97 Å². The lowest BCUT2D eigenvalue weighted by Crippen LogP contribution is -2.32. The molecule has 3 heterocycles. The largest absolute Gasteiger partial charge is 0.463 e. The Morgan fingerprint density at radius 2 is 1.93 bits per heavy atom. The zero-order valence-corrected chi connectivity index (χ0v) is 16.9. The first-order valence-corrected chi connectivity index (χ1v) is 10.2. The molecule has 1 saturated heterocycles. The van der Waals surface area contributed by atoms with Crippen LogP contribution in [-0.4, -0.2) is 35.6 Å². The molecule has 0 radical (unpaired) electrons. The zero-order chi connectivity index (χ0) is 20.4. The van der Waals surface area contributed by atoms with Crippen molar-refractivity contribution in [3.8, 4) is 0 Å². The molecule has 1 aromatic heterocycles. The van der Waals surface area contributed by atoms with E-state index in [4.69, 9.17) is 15.5 Å². The maximum Gasteiger partial charge on any atom is 0.336 e. The van der Waals surface area contributed by atoms with Crippen LogP contribution < -0.4 is 16.0 Å². The smallest absolute Gasteiger partial charge is 0.336 e. The van der Waals surface area contributed by atoms with E-state index in [9.17, 15) is 4.79 Å². The summed E-state index contributed by atoms with van der Waals surface area (Å²) in [6.45, 7) is 5.86. The van der Waals surface area contributed by atoms with E-state index in [2.05, 4.69) is 15.2 Å². The first kappa shape index (κ1) is 19.2. The number of benzene rings is 1. The number of carbonyl (C=O) groups is 1. The van der Waals surface area contributed by atoms with Crippen LogP contribution in [0.25, 0.3) is 0 Å². The summed E-state index contributed by atoms with van der Waals surface area (Å²) >= 11 is 0. The maximum absolute atomic E-state index is 12.8. The number of hydrogen-bond acceptors (Lipinski definition) is 7. The Labute approximate surface area is 171 Å². The van der Waals surface area contributed by atoms with Gasteiger partial charge < -0.3 is 20.7 Å². The number of nitrogens with one attached hydrogen (secondary N) is 1. The number of nitrogen functional groups attached to an aromatic ring is 1. The van der Waals surface area contributed by atoms with Crippen molar-refractivity contribution in [1.82, 2.24) is 9.97 Å². The molecule has 1 aromatic carbocycles. The highest BCUT2D eigenvalue weighted by Crippen LogP contribution is 2.44. The van der Waals surface area contributed by atoms with Crippen LogP contribution >= 0.6 is 0 Å². The van der Waals surface area contributed by atoms with Gasteiger partial charge in [0.2, 0.25) is 5.95 Å². The Kier molecular flexibility index (Phi) is 5.38. The number of rotatable bonds is 4. The number of fused-ring (bicyclic) bond motifs is 1. The first-order chi connectivity index (χ1) is 14.1. The van der Waals surface area contributed by atoms with E-state index in [0.717, 1.165) is 42.8 Å². The van der Waals surface area contributed by atoms with Crippen molar-refractivity contribution in [2.75, 3.05) is 35.6 Å². The molecule has 7 nitrogen and oxygen atoms in total. The zero-order valence-electron chi connectivity index (χ0n) is 16.9. The van der Waals surface area contributed by atoms with Gasteiger partial charge in [-0.15, -0.1) is 0 Å². The van der Waals surface area contributed by atoms with Crippen LogP contribution in [0.3, 0.4) is 0 Å². The predicted octanol–water partition coefficient (Wildman–Crippen LogP) is 3.44. The molecule has 2 aliphatic heterocycles. The molecule has 0 bridgehead atoms. The highest BCUT2D eigenvalue weighted by Gasteiger charge is 2.36. The molecule has 152 valence electrons. The number of aromatic nitrogens is 2. The summed E-state index contributed by atoms with van der Waals surface area (Å²) in [4.78, 5) is 24.4. The SMILES string of the molecule is CCOC(=O)C1=C(C)Nc2nc(N3CCCCC3)nc(N)c2[C@@H]1c1ccccc1. The summed E-state index contributed by atoms with van der Waals surface area (Å²) in [5.41, 5.74) is 9.43. The third-order valence-electron chi connectivity index (χ3n) is 5.52. The van der Waals surface area contributed by atoms with E-state index in [-0.39, 0.29) is 11.9 Å². The molecule has 2 aliphatic rings. The van der Waals surface area contributed by atoms with Crippen LogP contribution in [0.15, 0.2) is 41.6 Å². The van der Waals surface area contributed by atoms with Gasteiger partial charge in [-0.25, -0.2) is 4.79 Å². The molecule has 0 saturated carbocycles. The highest BCUT2D eigenvalue weighted by atomic mass is 16.5. The number of ether oxygens (including phenoxy) is 1. The van der Waals surface area contributed by atoms with E-state index in [1.165, 1.54) is 6.42 Å². The minimum absolute atomic E-state index is 0.309. The Morgan fingerprint density at radius 3 is 2.62 bits per heavy atom. The number of carbonyl (C=O) groups excluding carboxylic acids is 1. The summed E-state index contributed by atoms with van der Waals surface area (Å²) in [6.07, 6.45) is 3.49. The van der Waals surface area contributed by atoms with Gasteiger partial charge in [-0.3, -0.25) is 0 Å². The van der Waals surface area contributed by atoms with Gasteiger partial charge in [0, 0.05) is 24.4 Å². The van der Waals surface area contributed by atoms with Gasteiger partial charge in [-0.1, -0.05) is 30.3 Å². The number of nitrogens with two attached hydrogens (primary N) is 1. The fourth-order valence-corrected chi connectivity index (χ4v) is 4.15. The normalized spacial score (nSPS) is 18.8. The van der Waals surface area contributed by atoms with E-state index >= 15 is 0 Å². The first-order valence-electron chi connectivity index (χ1n) is 10.2. The molecular formula is C22H27N5O2. The van der Waals surface area contributed by atoms with Crippen LogP contribution in [0, 0.1) is 0 Å². The van der Waals surface area contributed by atoms with Gasteiger partial charge in [0.25, 0.3) is 0 Å². The lowest BCUT2D eigenvalue weighted by atomic mass is 9.82. The molecule has 0 unspecified atom stereocenters. The molecule has 3 N–H and O–H groups in total.